The highest BCUT2D eigenvalue weighted by Crippen LogP contribution is 2.20. The van der Waals surface area contributed by atoms with Crippen LogP contribution in [0.1, 0.15) is 11.3 Å². The van der Waals surface area contributed by atoms with Gasteiger partial charge in [-0.2, -0.15) is 5.10 Å². The highest BCUT2D eigenvalue weighted by atomic mass is 16.5. The minimum atomic E-state index is 0.701. The highest BCUT2D eigenvalue weighted by molar-refractivity contribution is 5.36. The maximum atomic E-state index is 5.85. The smallest absolute Gasteiger partial charge is 0.122 e. The predicted octanol–water partition coefficient (Wildman–Crippen LogP) is 1.95. The fourth-order valence-electron chi connectivity index (χ4n) is 1.88. The molecular formula is C15H21N3O. The molecule has 0 atom stereocenters. The molecule has 0 radical (unpaired) electrons. The fraction of sp³-hybridized carbons (Fsp3) is 0.400. The number of ether oxygens (including phenoxy) is 1. The van der Waals surface area contributed by atoms with E-state index in [9.17, 15) is 0 Å². The summed E-state index contributed by atoms with van der Waals surface area (Å²) < 4.78 is 7.67. The van der Waals surface area contributed by atoms with Crippen molar-refractivity contribution in [1.82, 2.24) is 14.7 Å². The third-order valence-corrected chi connectivity index (χ3v) is 2.91. The third-order valence-electron chi connectivity index (χ3n) is 2.91. The lowest BCUT2D eigenvalue weighted by Crippen LogP contribution is -2.19. The van der Waals surface area contributed by atoms with Gasteiger partial charge in [-0.15, -0.1) is 0 Å². The fourth-order valence-corrected chi connectivity index (χ4v) is 1.88. The van der Waals surface area contributed by atoms with Gasteiger partial charge in [0.05, 0.1) is 5.69 Å². The summed E-state index contributed by atoms with van der Waals surface area (Å²) in [7, 11) is 6.02. The highest BCUT2D eigenvalue weighted by Gasteiger charge is 2.06. The van der Waals surface area contributed by atoms with Gasteiger partial charge in [-0.05, 0) is 26.2 Å². The quantitative estimate of drug-likeness (QED) is 0.794. The number of likely N-dealkylation sites (N-methyl/N-ethyl adjacent to an activating group) is 1. The second kappa shape index (κ2) is 6.38. The van der Waals surface area contributed by atoms with Crippen molar-refractivity contribution in [3.8, 4) is 5.75 Å². The Morgan fingerprint density at radius 3 is 2.68 bits per heavy atom. The molecule has 0 bridgehead atoms. The van der Waals surface area contributed by atoms with Crippen LogP contribution >= 0.6 is 0 Å². The van der Waals surface area contributed by atoms with Crippen LogP contribution in [0.4, 0.5) is 0 Å². The van der Waals surface area contributed by atoms with Crippen molar-refractivity contribution in [2.75, 3.05) is 27.2 Å². The van der Waals surface area contributed by atoms with Gasteiger partial charge in [0, 0.05) is 31.8 Å². The number of nitrogens with zero attached hydrogens (tertiary/aromatic N) is 3. The van der Waals surface area contributed by atoms with E-state index in [1.807, 2.05) is 56.3 Å². The molecule has 0 unspecified atom stereocenters. The molecule has 1 aromatic heterocycles. The normalized spacial score (nSPS) is 10.9. The van der Waals surface area contributed by atoms with Crippen molar-refractivity contribution in [3.63, 3.8) is 0 Å². The lowest BCUT2D eigenvalue weighted by molar-refractivity contribution is 0.259. The van der Waals surface area contributed by atoms with Gasteiger partial charge in [0.2, 0.25) is 0 Å². The number of para-hydroxylation sites is 1. The minimum absolute atomic E-state index is 0.701. The molecule has 0 saturated carbocycles. The van der Waals surface area contributed by atoms with Crippen LogP contribution in [-0.4, -0.2) is 41.9 Å². The van der Waals surface area contributed by atoms with Crippen LogP contribution in [0.15, 0.2) is 36.5 Å². The van der Waals surface area contributed by atoms with Gasteiger partial charge in [-0.25, -0.2) is 0 Å². The average molecular weight is 259 g/mol. The van der Waals surface area contributed by atoms with Crippen molar-refractivity contribution in [1.29, 1.82) is 0 Å². The number of aromatic nitrogens is 2. The van der Waals surface area contributed by atoms with Crippen LogP contribution in [0.25, 0.3) is 0 Å². The number of aryl methyl sites for hydroxylation is 1. The minimum Gasteiger partial charge on any atom is -0.492 e. The maximum absolute atomic E-state index is 5.85. The van der Waals surface area contributed by atoms with Gasteiger partial charge in [0.1, 0.15) is 12.4 Å². The van der Waals surface area contributed by atoms with Crippen molar-refractivity contribution in [3.05, 3.63) is 47.8 Å². The van der Waals surface area contributed by atoms with E-state index in [4.69, 9.17) is 4.74 Å². The first-order valence-electron chi connectivity index (χ1n) is 6.49. The summed E-state index contributed by atoms with van der Waals surface area (Å²) in [4.78, 5) is 2.11. The molecule has 19 heavy (non-hydrogen) atoms. The summed E-state index contributed by atoms with van der Waals surface area (Å²) in [5.74, 6) is 0.954. The van der Waals surface area contributed by atoms with E-state index in [0.29, 0.717) is 6.61 Å². The SMILES string of the molecule is CN(C)CCOc1ccccc1Cc1ccn(C)n1. The summed E-state index contributed by atoms with van der Waals surface area (Å²) in [5, 5.41) is 4.41. The summed E-state index contributed by atoms with van der Waals surface area (Å²) >= 11 is 0. The van der Waals surface area contributed by atoms with Gasteiger partial charge in [-0.3, -0.25) is 4.68 Å². The Morgan fingerprint density at radius 1 is 1.21 bits per heavy atom. The second-order valence-corrected chi connectivity index (χ2v) is 4.92. The number of hydrogen-bond acceptors (Lipinski definition) is 3. The monoisotopic (exact) mass is 259 g/mol. The third kappa shape index (κ3) is 4.10. The summed E-state index contributed by atoms with van der Waals surface area (Å²) in [6, 6.07) is 10.2. The first-order chi connectivity index (χ1) is 9.15. The van der Waals surface area contributed by atoms with Gasteiger partial charge >= 0.3 is 0 Å². The Labute approximate surface area is 114 Å². The van der Waals surface area contributed by atoms with Crippen molar-refractivity contribution in [2.24, 2.45) is 7.05 Å². The first-order valence-corrected chi connectivity index (χ1v) is 6.49. The molecule has 2 rings (SSSR count). The molecule has 1 heterocycles. The van der Waals surface area contributed by atoms with Crippen LogP contribution in [0, 0.1) is 0 Å². The van der Waals surface area contributed by atoms with E-state index < -0.39 is 0 Å². The standard InChI is InChI=1S/C15H21N3O/c1-17(2)10-11-19-15-7-5-4-6-13(15)12-14-8-9-18(3)16-14/h4-9H,10-12H2,1-3H3. The molecule has 0 aliphatic rings. The zero-order valence-electron chi connectivity index (χ0n) is 11.8. The van der Waals surface area contributed by atoms with Gasteiger partial charge in [-0.1, -0.05) is 18.2 Å². The van der Waals surface area contributed by atoms with Crippen molar-refractivity contribution < 1.29 is 4.74 Å². The van der Waals surface area contributed by atoms with Crippen LogP contribution in [0.3, 0.4) is 0 Å². The Balaban J connectivity index is 2.03. The van der Waals surface area contributed by atoms with Crippen LogP contribution in [-0.2, 0) is 13.5 Å². The first kappa shape index (κ1) is 13.6. The van der Waals surface area contributed by atoms with E-state index in [-0.39, 0.29) is 0 Å². The molecule has 0 saturated heterocycles. The molecule has 102 valence electrons. The van der Waals surface area contributed by atoms with E-state index in [2.05, 4.69) is 16.1 Å². The Morgan fingerprint density at radius 2 is 2.00 bits per heavy atom. The van der Waals surface area contributed by atoms with E-state index >= 15 is 0 Å². The second-order valence-electron chi connectivity index (χ2n) is 4.92. The van der Waals surface area contributed by atoms with Crippen LogP contribution < -0.4 is 4.74 Å². The zero-order chi connectivity index (χ0) is 13.7. The molecule has 0 aliphatic carbocycles. The molecule has 4 heteroatoms. The van der Waals surface area contributed by atoms with Gasteiger partial charge in [0.25, 0.3) is 0 Å². The summed E-state index contributed by atoms with van der Waals surface area (Å²) in [6.45, 7) is 1.62. The predicted molar refractivity (Wildman–Crippen MR) is 76.5 cm³/mol. The molecule has 2 aromatic rings. The maximum Gasteiger partial charge on any atom is 0.122 e. The lowest BCUT2D eigenvalue weighted by atomic mass is 10.1. The molecular weight excluding hydrogens is 238 g/mol. The number of benzene rings is 1. The van der Waals surface area contributed by atoms with Gasteiger partial charge < -0.3 is 9.64 Å². The van der Waals surface area contributed by atoms with Crippen LogP contribution in [0.5, 0.6) is 5.75 Å². The Hall–Kier alpha value is -1.81. The Kier molecular flexibility index (Phi) is 4.58. The van der Waals surface area contributed by atoms with Crippen LogP contribution in [0.2, 0.25) is 0 Å². The molecule has 0 N–H and O–H groups in total. The van der Waals surface area contributed by atoms with E-state index in [1.54, 1.807) is 0 Å². The van der Waals surface area contributed by atoms with Crippen molar-refractivity contribution >= 4 is 0 Å². The molecule has 4 nitrogen and oxygen atoms in total. The van der Waals surface area contributed by atoms with Gasteiger partial charge in [0.15, 0.2) is 0 Å². The zero-order valence-corrected chi connectivity index (χ0v) is 11.8. The topological polar surface area (TPSA) is 30.3 Å². The summed E-state index contributed by atoms with van der Waals surface area (Å²) in [5.41, 5.74) is 2.24. The Bertz CT molecular complexity index is 520. The molecule has 0 aliphatic heterocycles. The lowest BCUT2D eigenvalue weighted by Gasteiger charge is -2.13. The molecule has 0 fully saturated rings. The van der Waals surface area contributed by atoms with E-state index in [0.717, 1.165) is 24.4 Å². The van der Waals surface area contributed by atoms with Crippen molar-refractivity contribution in [2.45, 2.75) is 6.42 Å². The number of hydrogen-bond donors (Lipinski definition) is 0. The number of rotatable bonds is 6. The molecule has 1 aromatic carbocycles. The largest absolute Gasteiger partial charge is 0.492 e. The summed E-state index contributed by atoms with van der Waals surface area (Å²) in [6.07, 6.45) is 2.77. The average Bonchev–Trinajstić information content (AvgIpc) is 2.77. The van der Waals surface area contributed by atoms with E-state index in [1.165, 1.54) is 5.56 Å². The molecule has 0 spiro atoms. The molecule has 0 amide bonds.